The molecule has 104 valence electrons. The molecular formula is C18H21NO. The molecule has 1 aliphatic rings. The molecule has 1 atom stereocenters. The lowest BCUT2D eigenvalue weighted by atomic mass is 9.95. The smallest absolute Gasteiger partial charge is 0.0540 e. The lowest BCUT2D eigenvalue weighted by Gasteiger charge is -2.11. The normalized spacial score (nSPS) is 16.0. The van der Waals surface area contributed by atoms with Crippen molar-refractivity contribution in [3.8, 4) is 11.1 Å². The summed E-state index contributed by atoms with van der Waals surface area (Å²) in [5.41, 5.74) is 12.0. The number of hydrogen-bond acceptors (Lipinski definition) is 2. The molecule has 0 fully saturated rings. The predicted molar refractivity (Wildman–Crippen MR) is 82.8 cm³/mol. The van der Waals surface area contributed by atoms with Gasteiger partial charge in [-0.25, -0.2) is 0 Å². The fourth-order valence-corrected chi connectivity index (χ4v) is 3.19. The van der Waals surface area contributed by atoms with Crippen molar-refractivity contribution in [2.75, 3.05) is 13.2 Å². The Morgan fingerprint density at radius 3 is 2.55 bits per heavy atom. The molecule has 2 aromatic rings. The minimum Gasteiger partial charge on any atom is -0.395 e. The number of hydrogen-bond donors (Lipinski definition) is 2. The summed E-state index contributed by atoms with van der Waals surface area (Å²) >= 11 is 0. The highest BCUT2D eigenvalue weighted by Gasteiger charge is 2.27. The van der Waals surface area contributed by atoms with E-state index in [0.717, 1.165) is 25.8 Å². The van der Waals surface area contributed by atoms with E-state index in [-0.39, 0.29) is 12.5 Å². The Hall–Kier alpha value is -1.64. The fraction of sp³-hybridized carbons (Fsp3) is 0.333. The molecule has 20 heavy (non-hydrogen) atoms. The number of rotatable bonds is 5. The number of aryl methyl sites for hydroxylation is 1. The van der Waals surface area contributed by atoms with Gasteiger partial charge < -0.3 is 10.8 Å². The number of unbranched alkanes of at least 4 members (excludes halogenated alkanes) is 1. The monoisotopic (exact) mass is 267 g/mol. The maximum Gasteiger partial charge on any atom is 0.0540 e. The van der Waals surface area contributed by atoms with Gasteiger partial charge in [0, 0.05) is 5.92 Å². The van der Waals surface area contributed by atoms with Crippen molar-refractivity contribution in [1.82, 2.24) is 0 Å². The van der Waals surface area contributed by atoms with Crippen LogP contribution in [-0.2, 0) is 6.42 Å². The van der Waals surface area contributed by atoms with Crippen LogP contribution in [0, 0.1) is 0 Å². The van der Waals surface area contributed by atoms with Crippen molar-refractivity contribution in [2.24, 2.45) is 5.73 Å². The molecule has 0 aromatic heterocycles. The van der Waals surface area contributed by atoms with Gasteiger partial charge in [-0.05, 0) is 53.6 Å². The molecule has 3 rings (SSSR count). The van der Waals surface area contributed by atoms with Crippen molar-refractivity contribution in [2.45, 2.75) is 25.2 Å². The topological polar surface area (TPSA) is 46.2 Å². The molecule has 0 bridgehead atoms. The Morgan fingerprint density at radius 2 is 1.75 bits per heavy atom. The van der Waals surface area contributed by atoms with Gasteiger partial charge in [0.2, 0.25) is 0 Å². The third-order valence-electron chi connectivity index (χ3n) is 4.22. The molecule has 3 N–H and O–H groups in total. The van der Waals surface area contributed by atoms with E-state index in [9.17, 15) is 5.11 Å². The standard InChI is InChI=1S/C18H21NO/c19-10-4-3-5-13-8-9-16-14-6-1-2-7-15(14)18(12-20)17(16)11-13/h1-2,6-9,11,18,20H,3-5,10,12,19H2. The summed E-state index contributed by atoms with van der Waals surface area (Å²) < 4.78 is 0. The van der Waals surface area contributed by atoms with Crippen LogP contribution in [0.2, 0.25) is 0 Å². The molecule has 2 aromatic carbocycles. The minimum absolute atomic E-state index is 0.135. The number of aliphatic hydroxyl groups is 1. The van der Waals surface area contributed by atoms with E-state index in [0.29, 0.717) is 0 Å². The summed E-state index contributed by atoms with van der Waals surface area (Å²) in [5, 5.41) is 9.75. The van der Waals surface area contributed by atoms with E-state index >= 15 is 0 Å². The first-order valence-corrected chi connectivity index (χ1v) is 7.38. The highest BCUT2D eigenvalue weighted by molar-refractivity contribution is 5.79. The van der Waals surface area contributed by atoms with Crippen LogP contribution in [0.5, 0.6) is 0 Å². The molecule has 0 radical (unpaired) electrons. The maximum absolute atomic E-state index is 9.75. The average molecular weight is 267 g/mol. The van der Waals surface area contributed by atoms with Gasteiger partial charge >= 0.3 is 0 Å². The van der Waals surface area contributed by atoms with Gasteiger partial charge in [0.15, 0.2) is 0 Å². The van der Waals surface area contributed by atoms with Crippen molar-refractivity contribution >= 4 is 0 Å². The van der Waals surface area contributed by atoms with Gasteiger partial charge in [-0.15, -0.1) is 0 Å². The van der Waals surface area contributed by atoms with Gasteiger partial charge in [-0.3, -0.25) is 0 Å². The minimum atomic E-state index is 0.135. The summed E-state index contributed by atoms with van der Waals surface area (Å²) in [6.07, 6.45) is 3.27. The largest absolute Gasteiger partial charge is 0.395 e. The Bertz CT molecular complexity index is 606. The van der Waals surface area contributed by atoms with Crippen LogP contribution < -0.4 is 5.73 Å². The molecule has 2 heteroatoms. The molecule has 2 nitrogen and oxygen atoms in total. The van der Waals surface area contributed by atoms with Gasteiger partial charge in [0.1, 0.15) is 0 Å². The van der Waals surface area contributed by atoms with Gasteiger partial charge in [-0.2, -0.15) is 0 Å². The van der Waals surface area contributed by atoms with Gasteiger partial charge in [-0.1, -0.05) is 42.5 Å². The van der Waals surface area contributed by atoms with Crippen LogP contribution in [0.3, 0.4) is 0 Å². The van der Waals surface area contributed by atoms with Crippen LogP contribution in [-0.4, -0.2) is 18.3 Å². The van der Waals surface area contributed by atoms with Gasteiger partial charge in [0.05, 0.1) is 6.61 Å². The van der Waals surface area contributed by atoms with Crippen molar-refractivity contribution in [1.29, 1.82) is 0 Å². The van der Waals surface area contributed by atoms with Gasteiger partial charge in [0.25, 0.3) is 0 Å². The van der Waals surface area contributed by atoms with E-state index < -0.39 is 0 Å². The van der Waals surface area contributed by atoms with Crippen molar-refractivity contribution in [3.63, 3.8) is 0 Å². The van der Waals surface area contributed by atoms with E-state index in [1.807, 2.05) is 0 Å². The van der Waals surface area contributed by atoms with Crippen LogP contribution in [0.4, 0.5) is 0 Å². The molecule has 0 saturated heterocycles. The fourth-order valence-electron chi connectivity index (χ4n) is 3.19. The number of fused-ring (bicyclic) bond motifs is 3. The quantitative estimate of drug-likeness (QED) is 0.818. The Kier molecular flexibility index (Phi) is 3.86. The lowest BCUT2D eigenvalue weighted by Crippen LogP contribution is -2.03. The zero-order valence-electron chi connectivity index (χ0n) is 11.7. The summed E-state index contributed by atoms with van der Waals surface area (Å²) in [6.45, 7) is 0.936. The maximum atomic E-state index is 9.75. The molecule has 0 heterocycles. The lowest BCUT2D eigenvalue weighted by molar-refractivity contribution is 0.282. The first-order valence-electron chi connectivity index (χ1n) is 7.38. The third-order valence-corrected chi connectivity index (χ3v) is 4.22. The molecule has 0 spiro atoms. The van der Waals surface area contributed by atoms with E-state index in [1.54, 1.807) is 0 Å². The SMILES string of the molecule is NCCCCc1ccc2c(c1)C(CO)c1ccccc1-2. The molecule has 0 saturated carbocycles. The summed E-state index contributed by atoms with van der Waals surface area (Å²) in [5.74, 6) is 0.135. The molecule has 0 amide bonds. The first kappa shape index (κ1) is 13.3. The highest BCUT2D eigenvalue weighted by atomic mass is 16.3. The Labute approximate surface area is 120 Å². The van der Waals surface area contributed by atoms with E-state index in [2.05, 4.69) is 42.5 Å². The summed E-state index contributed by atoms with van der Waals surface area (Å²) in [7, 11) is 0. The van der Waals surface area contributed by atoms with Crippen molar-refractivity contribution in [3.05, 3.63) is 59.2 Å². The van der Waals surface area contributed by atoms with Crippen LogP contribution in [0.15, 0.2) is 42.5 Å². The van der Waals surface area contributed by atoms with Crippen LogP contribution in [0.1, 0.15) is 35.4 Å². The molecular weight excluding hydrogens is 246 g/mol. The molecule has 1 unspecified atom stereocenters. The molecule has 0 aliphatic heterocycles. The number of benzene rings is 2. The second kappa shape index (κ2) is 5.78. The third kappa shape index (κ3) is 2.26. The summed E-state index contributed by atoms with van der Waals surface area (Å²) in [4.78, 5) is 0. The van der Waals surface area contributed by atoms with Crippen molar-refractivity contribution < 1.29 is 5.11 Å². The van der Waals surface area contributed by atoms with E-state index in [1.165, 1.54) is 27.8 Å². The second-order valence-corrected chi connectivity index (χ2v) is 5.49. The highest BCUT2D eigenvalue weighted by Crippen LogP contribution is 2.44. The van der Waals surface area contributed by atoms with Crippen LogP contribution >= 0.6 is 0 Å². The molecule has 1 aliphatic carbocycles. The second-order valence-electron chi connectivity index (χ2n) is 5.49. The Morgan fingerprint density at radius 1 is 0.950 bits per heavy atom. The zero-order chi connectivity index (χ0) is 13.9. The van der Waals surface area contributed by atoms with Crippen LogP contribution in [0.25, 0.3) is 11.1 Å². The number of nitrogens with two attached hydrogens (primary N) is 1. The summed E-state index contributed by atoms with van der Waals surface area (Å²) in [6, 6.07) is 15.1. The predicted octanol–water partition coefficient (Wildman–Crippen LogP) is 3.07. The Balaban J connectivity index is 1.94. The first-order chi connectivity index (χ1) is 9.85. The zero-order valence-corrected chi connectivity index (χ0v) is 11.7. The van der Waals surface area contributed by atoms with E-state index in [4.69, 9.17) is 5.73 Å². The average Bonchev–Trinajstić information content (AvgIpc) is 2.80. The number of aliphatic hydroxyl groups excluding tert-OH is 1.